The van der Waals surface area contributed by atoms with Gasteiger partial charge in [0.1, 0.15) is 5.82 Å². The number of rotatable bonds is 5. The van der Waals surface area contributed by atoms with E-state index in [1.165, 1.54) is 6.07 Å². The Morgan fingerprint density at radius 1 is 1.22 bits per heavy atom. The number of nitrogens with two attached hydrogens (primary N) is 1. The number of hydrazine groups is 1. The maximum absolute atomic E-state index is 13.7. The Balaban J connectivity index is 2.46. The summed E-state index contributed by atoms with van der Waals surface area (Å²) in [6, 6.07) is 10.4. The molecule has 1 unspecified atom stereocenters. The maximum Gasteiger partial charge on any atom is 0.131 e. The predicted molar refractivity (Wildman–Crippen MR) is 70.5 cm³/mol. The minimum atomic E-state index is -0.221. The van der Waals surface area contributed by atoms with Gasteiger partial charge in [-0.15, -0.1) is 0 Å². The van der Waals surface area contributed by atoms with E-state index < -0.39 is 0 Å². The number of benzene rings is 2. The van der Waals surface area contributed by atoms with Crippen molar-refractivity contribution in [2.45, 2.75) is 13.0 Å². The van der Waals surface area contributed by atoms with Gasteiger partial charge in [0.25, 0.3) is 0 Å². The summed E-state index contributed by atoms with van der Waals surface area (Å²) in [5.41, 5.74) is 3.66. The fourth-order valence-corrected chi connectivity index (χ4v) is 2.05. The van der Waals surface area contributed by atoms with Gasteiger partial charge < -0.3 is 4.74 Å². The number of hydrogen-bond acceptors (Lipinski definition) is 3. The molecule has 96 valence electrons. The van der Waals surface area contributed by atoms with Gasteiger partial charge in [-0.3, -0.25) is 11.3 Å². The molecule has 0 aliphatic carbocycles. The molecule has 0 saturated heterocycles. The average Bonchev–Trinajstić information content (AvgIpc) is 2.42. The van der Waals surface area contributed by atoms with Gasteiger partial charge in [0.05, 0.1) is 12.6 Å². The van der Waals surface area contributed by atoms with Gasteiger partial charge in [0.15, 0.2) is 0 Å². The Kier molecular flexibility index (Phi) is 4.25. The lowest BCUT2D eigenvalue weighted by Gasteiger charge is -2.18. The van der Waals surface area contributed by atoms with Crippen LogP contribution in [0.5, 0.6) is 0 Å². The molecule has 0 bridgehead atoms. The molecule has 0 amide bonds. The van der Waals surface area contributed by atoms with Crippen LogP contribution in [0.2, 0.25) is 0 Å². The Labute approximate surface area is 106 Å². The minimum Gasteiger partial charge on any atom is -0.380 e. The number of nitrogens with one attached hydrogen (secondary N) is 1. The summed E-state index contributed by atoms with van der Waals surface area (Å²) >= 11 is 0. The second kappa shape index (κ2) is 5.91. The van der Waals surface area contributed by atoms with E-state index in [9.17, 15) is 4.39 Å². The summed E-state index contributed by atoms with van der Waals surface area (Å²) in [6.07, 6.45) is 0. The standard InChI is InChI=1S/C14H17FN2O/c1-2-18-9-14(17-16)12-7-8-13(15)11-6-4-3-5-10(11)12/h3-8,14,17H,2,9,16H2,1H3. The van der Waals surface area contributed by atoms with Crippen LogP contribution in [0.25, 0.3) is 10.8 Å². The fourth-order valence-electron chi connectivity index (χ4n) is 2.05. The summed E-state index contributed by atoms with van der Waals surface area (Å²) in [4.78, 5) is 0. The summed E-state index contributed by atoms with van der Waals surface area (Å²) in [5, 5.41) is 1.46. The molecule has 2 aromatic carbocycles. The third kappa shape index (κ3) is 2.51. The highest BCUT2D eigenvalue weighted by Gasteiger charge is 2.14. The molecule has 0 aliphatic heterocycles. The molecule has 0 aliphatic rings. The molecule has 1 atom stereocenters. The van der Waals surface area contributed by atoms with E-state index in [4.69, 9.17) is 10.6 Å². The Morgan fingerprint density at radius 3 is 2.61 bits per heavy atom. The first-order valence-corrected chi connectivity index (χ1v) is 5.99. The summed E-state index contributed by atoms with van der Waals surface area (Å²) in [7, 11) is 0. The Bertz CT molecular complexity index is 530. The van der Waals surface area contributed by atoms with Crippen molar-refractivity contribution in [3.63, 3.8) is 0 Å². The molecule has 0 aromatic heterocycles. The molecule has 18 heavy (non-hydrogen) atoms. The SMILES string of the molecule is CCOCC(NN)c1ccc(F)c2ccccc12. The lowest BCUT2D eigenvalue weighted by Crippen LogP contribution is -2.31. The van der Waals surface area contributed by atoms with Crippen LogP contribution in [0.1, 0.15) is 18.5 Å². The van der Waals surface area contributed by atoms with Crippen LogP contribution < -0.4 is 11.3 Å². The number of fused-ring (bicyclic) bond motifs is 1. The third-order valence-electron chi connectivity index (χ3n) is 2.97. The summed E-state index contributed by atoms with van der Waals surface area (Å²) in [5.74, 6) is 5.33. The van der Waals surface area contributed by atoms with Crippen LogP contribution in [0, 0.1) is 5.82 Å². The molecular weight excluding hydrogens is 231 g/mol. The van der Waals surface area contributed by atoms with Crippen molar-refractivity contribution in [2.75, 3.05) is 13.2 Å². The van der Waals surface area contributed by atoms with E-state index in [2.05, 4.69) is 5.43 Å². The van der Waals surface area contributed by atoms with Crippen LogP contribution in [0.15, 0.2) is 36.4 Å². The van der Waals surface area contributed by atoms with Gasteiger partial charge >= 0.3 is 0 Å². The molecule has 2 rings (SSSR count). The van der Waals surface area contributed by atoms with Crippen molar-refractivity contribution in [1.82, 2.24) is 5.43 Å². The van der Waals surface area contributed by atoms with E-state index in [-0.39, 0.29) is 11.9 Å². The van der Waals surface area contributed by atoms with Crippen LogP contribution in [-0.2, 0) is 4.74 Å². The molecule has 3 nitrogen and oxygen atoms in total. The molecule has 0 fully saturated rings. The smallest absolute Gasteiger partial charge is 0.131 e. The summed E-state index contributed by atoms with van der Waals surface area (Å²) in [6.45, 7) is 3.01. The van der Waals surface area contributed by atoms with Gasteiger partial charge in [-0.05, 0) is 23.9 Å². The van der Waals surface area contributed by atoms with Crippen molar-refractivity contribution in [3.05, 3.63) is 47.8 Å². The lowest BCUT2D eigenvalue weighted by molar-refractivity contribution is 0.123. The topological polar surface area (TPSA) is 47.3 Å². The van der Waals surface area contributed by atoms with Gasteiger partial charge in [0, 0.05) is 12.0 Å². The first-order chi connectivity index (χ1) is 8.77. The van der Waals surface area contributed by atoms with Gasteiger partial charge in [-0.1, -0.05) is 30.3 Å². The first-order valence-electron chi connectivity index (χ1n) is 5.99. The lowest BCUT2D eigenvalue weighted by atomic mass is 9.99. The summed E-state index contributed by atoms with van der Waals surface area (Å²) < 4.78 is 19.1. The third-order valence-corrected chi connectivity index (χ3v) is 2.97. The normalized spacial score (nSPS) is 12.8. The molecule has 4 heteroatoms. The average molecular weight is 248 g/mol. The van der Waals surface area contributed by atoms with Crippen molar-refractivity contribution in [1.29, 1.82) is 0 Å². The van der Waals surface area contributed by atoms with Gasteiger partial charge in [0.2, 0.25) is 0 Å². The first kappa shape index (κ1) is 13.0. The zero-order chi connectivity index (χ0) is 13.0. The molecule has 0 radical (unpaired) electrons. The quantitative estimate of drug-likeness (QED) is 0.631. The highest BCUT2D eigenvalue weighted by Crippen LogP contribution is 2.26. The van der Waals surface area contributed by atoms with Crippen molar-refractivity contribution >= 4 is 10.8 Å². The molecule has 0 saturated carbocycles. The Hall–Kier alpha value is -1.49. The highest BCUT2D eigenvalue weighted by molar-refractivity contribution is 5.86. The highest BCUT2D eigenvalue weighted by atomic mass is 19.1. The van der Waals surface area contributed by atoms with E-state index in [1.54, 1.807) is 12.1 Å². The monoisotopic (exact) mass is 248 g/mol. The maximum atomic E-state index is 13.7. The predicted octanol–water partition coefficient (Wildman–Crippen LogP) is 2.52. The fraction of sp³-hybridized carbons (Fsp3) is 0.286. The molecule has 0 spiro atoms. The molecule has 2 aromatic rings. The molecule has 3 N–H and O–H groups in total. The van der Waals surface area contributed by atoms with E-state index >= 15 is 0 Å². The second-order valence-corrected chi connectivity index (χ2v) is 4.06. The number of ether oxygens (including phenoxy) is 1. The van der Waals surface area contributed by atoms with E-state index in [0.29, 0.717) is 18.6 Å². The number of hydrogen-bond donors (Lipinski definition) is 2. The van der Waals surface area contributed by atoms with E-state index in [1.807, 2.05) is 25.1 Å². The largest absolute Gasteiger partial charge is 0.380 e. The van der Waals surface area contributed by atoms with Gasteiger partial charge in [-0.2, -0.15) is 0 Å². The second-order valence-electron chi connectivity index (χ2n) is 4.06. The zero-order valence-electron chi connectivity index (χ0n) is 10.3. The van der Waals surface area contributed by atoms with Gasteiger partial charge in [-0.25, -0.2) is 4.39 Å². The van der Waals surface area contributed by atoms with Crippen molar-refractivity contribution < 1.29 is 9.13 Å². The Morgan fingerprint density at radius 2 is 1.94 bits per heavy atom. The minimum absolute atomic E-state index is 0.143. The molecular formula is C14H17FN2O. The van der Waals surface area contributed by atoms with Crippen molar-refractivity contribution in [3.8, 4) is 0 Å². The van der Waals surface area contributed by atoms with Crippen LogP contribution in [0.3, 0.4) is 0 Å². The van der Waals surface area contributed by atoms with Crippen LogP contribution >= 0.6 is 0 Å². The van der Waals surface area contributed by atoms with Crippen LogP contribution in [-0.4, -0.2) is 13.2 Å². The van der Waals surface area contributed by atoms with Crippen molar-refractivity contribution in [2.24, 2.45) is 5.84 Å². The molecule has 0 heterocycles. The van der Waals surface area contributed by atoms with Crippen LogP contribution in [0.4, 0.5) is 4.39 Å². The number of halogens is 1. The van der Waals surface area contributed by atoms with E-state index in [0.717, 1.165) is 10.9 Å². The zero-order valence-corrected chi connectivity index (χ0v) is 10.3.